The number of H-pyrrole nitrogens is 1. The number of fused-ring (bicyclic) bond motifs is 1. The molecule has 3 aromatic heterocycles. The zero-order valence-electron chi connectivity index (χ0n) is 15.3. The molecule has 0 spiro atoms. The number of nitrogens with zero attached hydrogens (tertiary/aromatic N) is 4. The normalized spacial score (nSPS) is 10.9. The van der Waals surface area contributed by atoms with Crippen LogP contribution in [0.3, 0.4) is 0 Å². The largest absolute Gasteiger partial charge is 0.467 e. The van der Waals surface area contributed by atoms with Crippen molar-refractivity contribution in [1.29, 1.82) is 0 Å². The minimum absolute atomic E-state index is 0.0802. The number of rotatable bonds is 5. The number of benzene rings is 1. The number of hydrogen-bond acceptors (Lipinski definition) is 7. The lowest BCUT2D eigenvalue weighted by molar-refractivity contribution is 0.0996. The second-order valence-electron chi connectivity index (χ2n) is 6.09. The number of nitrogens with one attached hydrogen (secondary N) is 1. The molecule has 0 radical (unpaired) electrons. The van der Waals surface area contributed by atoms with Gasteiger partial charge >= 0.3 is 6.01 Å². The monoisotopic (exact) mass is 410 g/mol. The SMILES string of the molecule is COc1ncc(-c2cnc3[nH]cc(C(=O)c4c(F)ccc(C(N)=O)c4F)c3n2)cn1. The summed E-state index contributed by atoms with van der Waals surface area (Å²) in [7, 11) is 1.42. The summed E-state index contributed by atoms with van der Waals surface area (Å²) < 4.78 is 33.8. The first kappa shape index (κ1) is 19.1. The molecule has 4 aromatic rings. The zero-order valence-corrected chi connectivity index (χ0v) is 15.3. The molecule has 0 aliphatic carbocycles. The Morgan fingerprint density at radius 3 is 2.47 bits per heavy atom. The maximum atomic E-state index is 14.6. The van der Waals surface area contributed by atoms with Gasteiger partial charge in [-0.3, -0.25) is 9.59 Å². The van der Waals surface area contributed by atoms with Crippen LogP contribution in [0.1, 0.15) is 26.3 Å². The Balaban J connectivity index is 1.83. The van der Waals surface area contributed by atoms with Crippen LogP contribution >= 0.6 is 0 Å². The molecule has 1 amide bonds. The second kappa shape index (κ2) is 7.28. The van der Waals surface area contributed by atoms with E-state index in [-0.39, 0.29) is 22.7 Å². The van der Waals surface area contributed by atoms with Gasteiger partial charge in [0.2, 0.25) is 5.78 Å². The Hall–Kier alpha value is -4.28. The molecule has 1 aromatic carbocycles. The van der Waals surface area contributed by atoms with E-state index in [1.54, 1.807) is 0 Å². The Bertz CT molecular complexity index is 1300. The maximum absolute atomic E-state index is 14.6. The lowest BCUT2D eigenvalue weighted by Gasteiger charge is -2.07. The first-order valence-electron chi connectivity index (χ1n) is 8.43. The van der Waals surface area contributed by atoms with E-state index in [1.807, 2.05) is 0 Å². The Kier molecular flexibility index (Phi) is 4.62. The molecule has 4 rings (SSSR count). The van der Waals surface area contributed by atoms with Gasteiger partial charge in [-0.1, -0.05) is 0 Å². The van der Waals surface area contributed by atoms with Gasteiger partial charge in [0.05, 0.1) is 35.7 Å². The van der Waals surface area contributed by atoms with Crippen molar-refractivity contribution in [2.75, 3.05) is 7.11 Å². The number of primary amides is 1. The van der Waals surface area contributed by atoms with Crippen molar-refractivity contribution in [3.8, 4) is 17.3 Å². The number of carbonyl (C=O) groups is 2. The number of amides is 1. The second-order valence-corrected chi connectivity index (χ2v) is 6.09. The number of aromatic amines is 1. The maximum Gasteiger partial charge on any atom is 0.316 e. The van der Waals surface area contributed by atoms with Gasteiger partial charge in [-0.2, -0.15) is 0 Å². The Morgan fingerprint density at radius 1 is 1.07 bits per heavy atom. The fraction of sp³-hybridized carbons (Fsp3) is 0.0526. The molecule has 0 atom stereocenters. The number of halogens is 2. The molecule has 0 bridgehead atoms. The number of ether oxygens (including phenoxy) is 1. The van der Waals surface area contributed by atoms with Crippen molar-refractivity contribution in [1.82, 2.24) is 24.9 Å². The minimum Gasteiger partial charge on any atom is -0.467 e. The minimum atomic E-state index is -1.34. The van der Waals surface area contributed by atoms with Gasteiger partial charge in [-0.05, 0) is 12.1 Å². The zero-order chi connectivity index (χ0) is 21.4. The van der Waals surface area contributed by atoms with Crippen molar-refractivity contribution >= 4 is 22.9 Å². The van der Waals surface area contributed by atoms with Crippen molar-refractivity contribution < 1.29 is 23.1 Å². The van der Waals surface area contributed by atoms with Crippen molar-refractivity contribution in [3.63, 3.8) is 0 Å². The summed E-state index contributed by atoms with van der Waals surface area (Å²) in [6, 6.07) is 1.84. The van der Waals surface area contributed by atoms with Crippen LogP contribution in [0.25, 0.3) is 22.4 Å². The first-order valence-corrected chi connectivity index (χ1v) is 8.43. The molecule has 11 heteroatoms. The molecule has 0 saturated carbocycles. The van der Waals surface area contributed by atoms with E-state index >= 15 is 0 Å². The van der Waals surface area contributed by atoms with E-state index in [0.29, 0.717) is 11.3 Å². The molecule has 0 aliphatic heterocycles. The summed E-state index contributed by atoms with van der Waals surface area (Å²) in [4.78, 5) is 43.5. The third-order valence-electron chi connectivity index (χ3n) is 4.32. The standard InChI is InChI=1S/C19H12F2N6O3/c1-30-19-25-4-8(5-26-19)12-7-24-18-15(27-12)10(6-23-18)16(28)13-11(20)3-2-9(14(13)21)17(22)29/h2-7H,1H3,(H2,22,29)(H,23,24). The topological polar surface area (TPSA) is 137 Å². The molecule has 0 aliphatic rings. The number of nitrogens with two attached hydrogens (primary N) is 1. The number of ketones is 1. The van der Waals surface area contributed by atoms with Crippen LogP contribution in [0.2, 0.25) is 0 Å². The molecular formula is C19H12F2N6O3. The van der Waals surface area contributed by atoms with Crippen molar-refractivity contribution in [2.24, 2.45) is 5.73 Å². The summed E-state index contributed by atoms with van der Waals surface area (Å²) >= 11 is 0. The van der Waals surface area contributed by atoms with Crippen LogP contribution in [0.15, 0.2) is 36.9 Å². The fourth-order valence-corrected chi connectivity index (χ4v) is 2.84. The average molecular weight is 410 g/mol. The molecule has 30 heavy (non-hydrogen) atoms. The lowest BCUT2D eigenvalue weighted by Crippen LogP contribution is -2.17. The van der Waals surface area contributed by atoms with E-state index in [0.717, 1.165) is 12.1 Å². The summed E-state index contributed by atoms with van der Waals surface area (Å²) in [6.07, 6.45) is 5.56. The summed E-state index contributed by atoms with van der Waals surface area (Å²) in [6.45, 7) is 0. The van der Waals surface area contributed by atoms with Gasteiger partial charge < -0.3 is 15.5 Å². The molecule has 0 saturated heterocycles. The number of methoxy groups -OCH3 is 1. The Labute approximate surface area is 167 Å². The lowest BCUT2D eigenvalue weighted by atomic mass is 10.0. The van der Waals surface area contributed by atoms with E-state index < -0.39 is 34.5 Å². The van der Waals surface area contributed by atoms with Crippen molar-refractivity contribution in [3.05, 3.63) is 65.2 Å². The van der Waals surface area contributed by atoms with Crippen LogP contribution in [-0.2, 0) is 0 Å². The predicted octanol–water partition coefficient (Wildman–Crippen LogP) is 2.03. The van der Waals surface area contributed by atoms with E-state index in [2.05, 4.69) is 24.9 Å². The molecule has 3 heterocycles. The number of hydrogen-bond donors (Lipinski definition) is 2. The van der Waals surface area contributed by atoms with Crippen LogP contribution in [0, 0.1) is 11.6 Å². The van der Waals surface area contributed by atoms with Crippen LogP contribution in [0.5, 0.6) is 6.01 Å². The summed E-state index contributed by atoms with van der Waals surface area (Å²) in [5.74, 6) is -4.61. The molecule has 0 unspecified atom stereocenters. The highest BCUT2D eigenvalue weighted by atomic mass is 19.1. The van der Waals surface area contributed by atoms with E-state index in [9.17, 15) is 18.4 Å². The summed E-state index contributed by atoms with van der Waals surface area (Å²) in [5, 5.41) is 0. The number of aromatic nitrogens is 5. The van der Waals surface area contributed by atoms with Gasteiger partial charge in [0.25, 0.3) is 5.91 Å². The highest BCUT2D eigenvalue weighted by Gasteiger charge is 2.26. The Morgan fingerprint density at radius 2 is 1.80 bits per heavy atom. The van der Waals surface area contributed by atoms with Crippen LogP contribution in [-0.4, -0.2) is 43.7 Å². The highest BCUT2D eigenvalue weighted by molar-refractivity contribution is 6.16. The molecule has 3 N–H and O–H groups in total. The molecule has 150 valence electrons. The van der Waals surface area contributed by atoms with Gasteiger partial charge in [-0.15, -0.1) is 0 Å². The quantitative estimate of drug-likeness (QED) is 0.480. The molecule has 9 nitrogen and oxygen atoms in total. The van der Waals surface area contributed by atoms with Gasteiger partial charge in [0, 0.05) is 24.2 Å². The number of carbonyl (C=O) groups excluding carboxylic acids is 2. The van der Waals surface area contributed by atoms with E-state index in [4.69, 9.17) is 10.5 Å². The van der Waals surface area contributed by atoms with Crippen LogP contribution < -0.4 is 10.5 Å². The third-order valence-corrected chi connectivity index (χ3v) is 4.32. The fourth-order valence-electron chi connectivity index (χ4n) is 2.84. The van der Waals surface area contributed by atoms with Gasteiger partial charge in [0.1, 0.15) is 17.2 Å². The highest BCUT2D eigenvalue weighted by Crippen LogP contribution is 2.25. The summed E-state index contributed by atoms with van der Waals surface area (Å²) in [5.41, 5.74) is 4.56. The molecule has 0 fully saturated rings. The smallest absolute Gasteiger partial charge is 0.316 e. The third kappa shape index (κ3) is 3.11. The van der Waals surface area contributed by atoms with Crippen LogP contribution in [0.4, 0.5) is 8.78 Å². The van der Waals surface area contributed by atoms with Gasteiger partial charge in [0.15, 0.2) is 5.65 Å². The predicted molar refractivity (Wildman–Crippen MR) is 99.8 cm³/mol. The van der Waals surface area contributed by atoms with Crippen molar-refractivity contribution in [2.45, 2.75) is 0 Å². The average Bonchev–Trinajstić information content (AvgIpc) is 3.16. The molecular weight excluding hydrogens is 398 g/mol. The van der Waals surface area contributed by atoms with Gasteiger partial charge in [-0.25, -0.2) is 28.7 Å². The van der Waals surface area contributed by atoms with E-state index in [1.165, 1.54) is 31.9 Å². The first-order chi connectivity index (χ1) is 14.4.